The first-order valence-electron chi connectivity index (χ1n) is 12.9. The average Bonchev–Trinajstić information content (AvgIpc) is 3.33. The van der Waals surface area contributed by atoms with Crippen LogP contribution in [0.25, 0.3) is 0 Å². The minimum Gasteiger partial charge on any atom is -0.459 e. The number of carbonyl (C=O) groups is 2. The first kappa shape index (κ1) is 21.7. The summed E-state index contributed by atoms with van der Waals surface area (Å²) in [4.78, 5) is 25.7. The Morgan fingerprint density at radius 3 is 2.53 bits per heavy atom. The van der Waals surface area contributed by atoms with Gasteiger partial charge in [-0.15, -0.1) is 0 Å². The molecule has 3 heterocycles. The largest absolute Gasteiger partial charge is 0.459 e. The van der Waals surface area contributed by atoms with Crippen molar-refractivity contribution in [1.82, 2.24) is 0 Å². The molecule has 0 aromatic carbocycles. The van der Waals surface area contributed by atoms with Gasteiger partial charge in [-0.25, -0.2) is 0 Å². The van der Waals surface area contributed by atoms with Crippen LogP contribution < -0.4 is 0 Å². The lowest BCUT2D eigenvalue weighted by Gasteiger charge is -2.64. The molecular formula is C27H34O7. The predicted molar refractivity (Wildman–Crippen MR) is 119 cm³/mol. The fourth-order valence-electron chi connectivity index (χ4n) is 9.32. The van der Waals surface area contributed by atoms with Gasteiger partial charge in [0.15, 0.2) is 11.6 Å². The second-order valence-electron chi connectivity index (χ2n) is 12.5. The van der Waals surface area contributed by atoms with Gasteiger partial charge in [-0.05, 0) is 44.6 Å². The Balaban J connectivity index is 1.34. The van der Waals surface area contributed by atoms with Gasteiger partial charge in [0.25, 0.3) is 0 Å². The molecule has 0 aromatic heterocycles. The number of hydrogen-bond acceptors (Lipinski definition) is 7. The summed E-state index contributed by atoms with van der Waals surface area (Å²) in [5, 5.41) is 24.2. The van der Waals surface area contributed by atoms with Crippen molar-refractivity contribution in [3.63, 3.8) is 0 Å². The van der Waals surface area contributed by atoms with Crippen molar-refractivity contribution in [2.24, 2.45) is 40.9 Å². The summed E-state index contributed by atoms with van der Waals surface area (Å²) in [6.45, 7) is 7.58. The fraction of sp³-hybridized carbons (Fsp3) is 0.778. The van der Waals surface area contributed by atoms with Crippen LogP contribution in [-0.4, -0.2) is 57.3 Å². The molecule has 0 amide bonds. The van der Waals surface area contributed by atoms with Gasteiger partial charge in [0.05, 0.1) is 34.6 Å². The van der Waals surface area contributed by atoms with Crippen LogP contribution in [0.15, 0.2) is 23.8 Å². The monoisotopic (exact) mass is 470 g/mol. The number of allylic oxidation sites excluding steroid dienone is 4. The molecule has 13 atom stereocenters. The molecule has 5 fully saturated rings. The number of cyclic esters (lactones) is 1. The molecule has 13 unspecified atom stereocenters. The summed E-state index contributed by atoms with van der Waals surface area (Å²) >= 11 is 0. The van der Waals surface area contributed by atoms with E-state index in [1.54, 1.807) is 13.0 Å². The molecule has 3 aliphatic heterocycles. The average molecular weight is 471 g/mol. The molecule has 7 rings (SSSR count). The van der Waals surface area contributed by atoms with Crippen LogP contribution in [0, 0.1) is 40.9 Å². The van der Waals surface area contributed by atoms with E-state index in [0.717, 1.165) is 18.4 Å². The van der Waals surface area contributed by atoms with Crippen molar-refractivity contribution in [3.8, 4) is 0 Å². The summed E-state index contributed by atoms with van der Waals surface area (Å²) in [6.07, 6.45) is 6.50. The number of fused-ring (bicyclic) bond motifs is 4. The standard InChI is InChI=1S/C27H34O7/c1-12-13(2)23(29)32-20(12)22-25(4,30)19-17-11-26(31)15-9-8-14-6-5-7-18(28)24(14,3)16(15)10-27(33-17,34-22)21(19)26/h5,7-8,12-13,15-17,19-22,30-31H,6,9-11H2,1-4H3. The minimum absolute atomic E-state index is 0.0788. The Morgan fingerprint density at radius 2 is 1.82 bits per heavy atom. The van der Waals surface area contributed by atoms with E-state index in [0.29, 0.717) is 12.8 Å². The molecule has 2 N–H and O–H groups in total. The Kier molecular flexibility index (Phi) is 3.98. The number of esters is 1. The molecule has 3 saturated heterocycles. The van der Waals surface area contributed by atoms with Crippen LogP contribution in [0.2, 0.25) is 0 Å². The van der Waals surface area contributed by atoms with Crippen LogP contribution >= 0.6 is 0 Å². The Bertz CT molecular complexity index is 1060. The molecule has 4 bridgehead atoms. The van der Waals surface area contributed by atoms with Gasteiger partial charge in [-0.1, -0.05) is 31.6 Å². The van der Waals surface area contributed by atoms with Gasteiger partial charge in [0.1, 0.15) is 12.2 Å². The second kappa shape index (κ2) is 6.23. The number of rotatable bonds is 1. The third-order valence-corrected chi connectivity index (χ3v) is 11.2. The summed E-state index contributed by atoms with van der Waals surface area (Å²) in [5.41, 5.74) is -1.97. The number of ether oxygens (including phenoxy) is 3. The molecule has 184 valence electrons. The highest BCUT2D eigenvalue weighted by Gasteiger charge is 2.83. The van der Waals surface area contributed by atoms with Crippen LogP contribution in [0.3, 0.4) is 0 Å². The van der Waals surface area contributed by atoms with E-state index in [9.17, 15) is 19.8 Å². The fourth-order valence-corrected chi connectivity index (χ4v) is 9.32. The lowest BCUT2D eigenvalue weighted by molar-refractivity contribution is -0.386. The second-order valence-corrected chi connectivity index (χ2v) is 12.5. The normalized spacial score (nSPS) is 61.1. The molecule has 7 heteroatoms. The van der Waals surface area contributed by atoms with Crippen LogP contribution in [0.1, 0.15) is 53.4 Å². The highest BCUT2D eigenvalue weighted by Crippen LogP contribution is 2.73. The van der Waals surface area contributed by atoms with E-state index in [2.05, 4.69) is 6.08 Å². The number of ketones is 1. The Labute approximate surface area is 199 Å². The zero-order valence-corrected chi connectivity index (χ0v) is 20.2. The van der Waals surface area contributed by atoms with E-state index in [1.807, 2.05) is 26.8 Å². The third kappa shape index (κ3) is 2.21. The first-order chi connectivity index (χ1) is 15.9. The van der Waals surface area contributed by atoms with E-state index < -0.39 is 34.6 Å². The van der Waals surface area contributed by atoms with Gasteiger partial charge in [-0.3, -0.25) is 9.59 Å². The van der Waals surface area contributed by atoms with Crippen molar-refractivity contribution in [2.75, 3.05) is 0 Å². The summed E-state index contributed by atoms with van der Waals surface area (Å²) in [6, 6.07) is 0. The lowest BCUT2D eigenvalue weighted by Crippen LogP contribution is -2.73. The summed E-state index contributed by atoms with van der Waals surface area (Å²) in [7, 11) is 0. The zero-order valence-electron chi connectivity index (χ0n) is 20.2. The number of carbonyl (C=O) groups excluding carboxylic acids is 2. The molecule has 0 spiro atoms. The Hall–Kier alpha value is -1.54. The zero-order chi connectivity index (χ0) is 24.0. The number of hydrogen-bond donors (Lipinski definition) is 2. The Morgan fingerprint density at radius 1 is 1.06 bits per heavy atom. The molecule has 7 aliphatic rings. The van der Waals surface area contributed by atoms with Gasteiger partial charge in [0.2, 0.25) is 0 Å². The van der Waals surface area contributed by atoms with Crippen molar-refractivity contribution in [2.45, 2.75) is 88.7 Å². The molecule has 7 nitrogen and oxygen atoms in total. The molecule has 0 aromatic rings. The van der Waals surface area contributed by atoms with Crippen molar-refractivity contribution in [1.29, 1.82) is 0 Å². The molecular weight excluding hydrogens is 436 g/mol. The highest BCUT2D eigenvalue weighted by atomic mass is 16.7. The van der Waals surface area contributed by atoms with Crippen molar-refractivity contribution >= 4 is 11.8 Å². The molecule has 0 radical (unpaired) electrons. The summed E-state index contributed by atoms with van der Waals surface area (Å²) in [5.74, 6) is -2.60. The predicted octanol–water partition coefficient (Wildman–Crippen LogP) is 2.30. The topological polar surface area (TPSA) is 102 Å². The van der Waals surface area contributed by atoms with Crippen LogP contribution in [0.4, 0.5) is 0 Å². The minimum atomic E-state index is -1.32. The van der Waals surface area contributed by atoms with Crippen LogP contribution in [-0.2, 0) is 23.8 Å². The quantitative estimate of drug-likeness (QED) is 0.448. The van der Waals surface area contributed by atoms with Crippen molar-refractivity contribution in [3.05, 3.63) is 23.8 Å². The van der Waals surface area contributed by atoms with E-state index in [4.69, 9.17) is 14.2 Å². The smallest absolute Gasteiger partial charge is 0.309 e. The maximum Gasteiger partial charge on any atom is 0.309 e. The highest BCUT2D eigenvalue weighted by molar-refractivity contribution is 5.98. The van der Waals surface area contributed by atoms with E-state index >= 15 is 0 Å². The van der Waals surface area contributed by atoms with Gasteiger partial charge in [0, 0.05) is 24.7 Å². The van der Waals surface area contributed by atoms with Crippen molar-refractivity contribution < 1.29 is 34.0 Å². The van der Waals surface area contributed by atoms with Gasteiger partial charge in [-0.2, -0.15) is 0 Å². The number of aliphatic hydroxyl groups is 2. The summed E-state index contributed by atoms with van der Waals surface area (Å²) < 4.78 is 19.1. The maximum atomic E-state index is 13.3. The molecule has 2 saturated carbocycles. The third-order valence-electron chi connectivity index (χ3n) is 11.2. The SMILES string of the molecule is CC1C(=O)OC(C2OC34CC5C(CC=C6CC=CC(=O)C65C)C5(O)CC(O3)C(C45)C2(C)O)C1C. The molecule has 34 heavy (non-hydrogen) atoms. The first-order valence-corrected chi connectivity index (χ1v) is 12.9. The maximum absolute atomic E-state index is 13.3. The van der Waals surface area contributed by atoms with Crippen LogP contribution in [0.5, 0.6) is 0 Å². The molecule has 4 aliphatic carbocycles. The van der Waals surface area contributed by atoms with Gasteiger partial charge < -0.3 is 24.4 Å². The van der Waals surface area contributed by atoms with Gasteiger partial charge >= 0.3 is 5.97 Å². The lowest BCUT2D eigenvalue weighted by atomic mass is 9.47. The van der Waals surface area contributed by atoms with E-state index in [1.165, 1.54) is 0 Å². The van der Waals surface area contributed by atoms with E-state index in [-0.39, 0.29) is 53.4 Å².